The molecule has 1 aliphatic heterocycles. The van der Waals surface area contributed by atoms with Gasteiger partial charge in [-0.3, -0.25) is 9.59 Å². The lowest BCUT2D eigenvalue weighted by Crippen LogP contribution is -3.28. The average Bonchev–Trinajstić information content (AvgIpc) is 2.68. The second-order valence-corrected chi connectivity index (χ2v) is 7.29. The summed E-state index contributed by atoms with van der Waals surface area (Å²) in [6.07, 6.45) is 5.32. The van der Waals surface area contributed by atoms with Gasteiger partial charge in [0.25, 0.3) is 5.91 Å². The average molecular weight is 375 g/mol. The van der Waals surface area contributed by atoms with E-state index in [4.69, 9.17) is 0 Å². The number of nitrogens with zero attached hydrogens (tertiary/aromatic N) is 1. The standard InChI is InChI=1S/C21H32N4O2/c1-3-11-22-20(26)17-23(2)21(27)18-25-15-13-24(14-16-25)12-7-10-19-8-5-4-6-9-19/h4-10H,3,11-18H2,1-2H3,(H,22,26)/p+2/b10-7+. The van der Waals surface area contributed by atoms with E-state index >= 15 is 0 Å². The summed E-state index contributed by atoms with van der Waals surface area (Å²) in [5, 5.41) is 2.81. The molecular formula is C21H34N4O2+2. The van der Waals surface area contributed by atoms with E-state index < -0.39 is 0 Å². The maximum absolute atomic E-state index is 12.3. The number of amides is 2. The zero-order valence-electron chi connectivity index (χ0n) is 16.7. The number of hydrogen-bond acceptors (Lipinski definition) is 2. The molecule has 1 aromatic carbocycles. The van der Waals surface area contributed by atoms with E-state index in [0.717, 1.165) is 39.1 Å². The van der Waals surface area contributed by atoms with Crippen molar-refractivity contribution in [3.05, 3.63) is 42.0 Å². The van der Waals surface area contributed by atoms with E-state index in [1.807, 2.05) is 13.0 Å². The van der Waals surface area contributed by atoms with Crippen molar-refractivity contribution >= 4 is 17.9 Å². The lowest BCUT2D eigenvalue weighted by molar-refractivity contribution is -1.01. The van der Waals surface area contributed by atoms with Crippen LogP contribution in [-0.2, 0) is 9.59 Å². The molecule has 148 valence electrons. The molecule has 1 aliphatic rings. The van der Waals surface area contributed by atoms with E-state index in [-0.39, 0.29) is 18.4 Å². The van der Waals surface area contributed by atoms with Crippen molar-refractivity contribution in [1.82, 2.24) is 10.2 Å². The number of benzene rings is 1. The summed E-state index contributed by atoms with van der Waals surface area (Å²) in [6.45, 7) is 8.45. The first-order valence-corrected chi connectivity index (χ1v) is 9.98. The molecule has 0 unspecified atom stereocenters. The minimum Gasteiger partial charge on any atom is -0.355 e. The van der Waals surface area contributed by atoms with Gasteiger partial charge in [-0.05, 0) is 18.1 Å². The maximum Gasteiger partial charge on any atom is 0.277 e. The van der Waals surface area contributed by atoms with Crippen LogP contribution in [0.1, 0.15) is 18.9 Å². The number of carbonyl (C=O) groups excluding carboxylic acids is 2. The van der Waals surface area contributed by atoms with Gasteiger partial charge in [0.1, 0.15) is 26.2 Å². The molecule has 0 radical (unpaired) electrons. The Balaban J connectivity index is 1.65. The molecule has 1 saturated heterocycles. The van der Waals surface area contributed by atoms with Gasteiger partial charge in [-0.25, -0.2) is 0 Å². The van der Waals surface area contributed by atoms with Crippen LogP contribution in [0.15, 0.2) is 36.4 Å². The Morgan fingerprint density at radius 2 is 1.78 bits per heavy atom. The van der Waals surface area contributed by atoms with E-state index in [9.17, 15) is 9.59 Å². The van der Waals surface area contributed by atoms with E-state index in [1.165, 1.54) is 10.5 Å². The molecule has 0 saturated carbocycles. The summed E-state index contributed by atoms with van der Waals surface area (Å²) in [5.74, 6) is -0.0359. The number of hydrogen-bond donors (Lipinski definition) is 3. The number of likely N-dealkylation sites (N-methyl/N-ethyl adjacent to an activating group) is 1. The molecule has 0 spiro atoms. The monoisotopic (exact) mass is 374 g/mol. The number of rotatable bonds is 9. The molecule has 0 aromatic heterocycles. The predicted molar refractivity (Wildman–Crippen MR) is 108 cm³/mol. The zero-order valence-corrected chi connectivity index (χ0v) is 16.7. The highest BCUT2D eigenvalue weighted by Crippen LogP contribution is 1.99. The molecule has 1 aromatic rings. The van der Waals surface area contributed by atoms with Crippen LogP contribution in [0, 0.1) is 0 Å². The molecule has 3 N–H and O–H groups in total. The third-order valence-electron chi connectivity index (χ3n) is 4.96. The van der Waals surface area contributed by atoms with Gasteiger partial charge in [-0.15, -0.1) is 0 Å². The normalized spacial score (nSPS) is 19.8. The molecule has 27 heavy (non-hydrogen) atoms. The van der Waals surface area contributed by atoms with Gasteiger partial charge in [0.2, 0.25) is 5.91 Å². The summed E-state index contributed by atoms with van der Waals surface area (Å²) in [7, 11) is 1.71. The fourth-order valence-corrected chi connectivity index (χ4v) is 3.24. The van der Waals surface area contributed by atoms with Crippen molar-refractivity contribution in [2.45, 2.75) is 13.3 Å². The van der Waals surface area contributed by atoms with Gasteiger partial charge in [-0.1, -0.05) is 43.3 Å². The Bertz CT molecular complexity index is 610. The topological polar surface area (TPSA) is 58.3 Å². The van der Waals surface area contributed by atoms with Crippen molar-refractivity contribution < 1.29 is 19.4 Å². The van der Waals surface area contributed by atoms with Gasteiger partial charge >= 0.3 is 0 Å². The third kappa shape index (κ3) is 7.93. The second-order valence-electron chi connectivity index (χ2n) is 7.29. The van der Waals surface area contributed by atoms with Gasteiger partial charge < -0.3 is 20.0 Å². The first-order valence-electron chi connectivity index (χ1n) is 9.98. The minimum atomic E-state index is -0.0813. The van der Waals surface area contributed by atoms with Crippen molar-refractivity contribution in [3.63, 3.8) is 0 Å². The molecule has 0 aliphatic carbocycles. The molecule has 2 amide bonds. The number of carbonyl (C=O) groups is 2. The maximum atomic E-state index is 12.3. The van der Waals surface area contributed by atoms with Crippen LogP contribution in [0.5, 0.6) is 0 Å². The molecule has 1 fully saturated rings. The van der Waals surface area contributed by atoms with Crippen LogP contribution < -0.4 is 15.1 Å². The summed E-state index contributed by atoms with van der Waals surface area (Å²) in [6, 6.07) is 10.4. The summed E-state index contributed by atoms with van der Waals surface area (Å²) < 4.78 is 0. The first kappa shape index (κ1) is 21.1. The quantitative estimate of drug-likeness (QED) is 0.491. The lowest BCUT2D eigenvalue weighted by Gasteiger charge is -2.29. The molecule has 6 heteroatoms. The number of nitrogens with one attached hydrogen (secondary N) is 3. The Kier molecular flexibility index (Phi) is 9.01. The Hall–Kier alpha value is -2.18. The van der Waals surface area contributed by atoms with E-state index in [0.29, 0.717) is 13.1 Å². The lowest BCUT2D eigenvalue weighted by atomic mass is 10.2. The van der Waals surface area contributed by atoms with Crippen molar-refractivity contribution in [2.75, 3.05) is 59.4 Å². The van der Waals surface area contributed by atoms with Gasteiger partial charge in [-0.2, -0.15) is 0 Å². The second kappa shape index (κ2) is 11.5. The summed E-state index contributed by atoms with van der Waals surface area (Å²) in [5.41, 5.74) is 1.23. The molecule has 0 bridgehead atoms. The fraction of sp³-hybridized carbons (Fsp3) is 0.524. The Morgan fingerprint density at radius 3 is 2.44 bits per heavy atom. The highest BCUT2D eigenvalue weighted by molar-refractivity contribution is 5.84. The van der Waals surface area contributed by atoms with Gasteiger partial charge in [0, 0.05) is 13.6 Å². The Labute approximate surface area is 162 Å². The summed E-state index contributed by atoms with van der Waals surface area (Å²) >= 11 is 0. The zero-order chi connectivity index (χ0) is 19.5. The predicted octanol–water partition coefficient (Wildman–Crippen LogP) is -1.53. The van der Waals surface area contributed by atoms with E-state index in [2.05, 4.69) is 41.7 Å². The molecular weight excluding hydrogens is 340 g/mol. The van der Waals surface area contributed by atoms with Crippen LogP contribution in [0.2, 0.25) is 0 Å². The smallest absolute Gasteiger partial charge is 0.277 e. The molecule has 2 rings (SSSR count). The highest BCUT2D eigenvalue weighted by Gasteiger charge is 2.25. The van der Waals surface area contributed by atoms with Crippen LogP contribution in [0.4, 0.5) is 0 Å². The van der Waals surface area contributed by atoms with Crippen molar-refractivity contribution in [1.29, 1.82) is 0 Å². The SMILES string of the molecule is CCCNC(=O)CN(C)C(=O)C[NH+]1CC[NH+](C/C=C/c2ccccc2)CC1. The molecule has 0 atom stereocenters. The fourth-order valence-electron chi connectivity index (χ4n) is 3.24. The van der Waals surface area contributed by atoms with Crippen LogP contribution in [-0.4, -0.2) is 76.1 Å². The molecule has 1 heterocycles. The summed E-state index contributed by atoms with van der Waals surface area (Å²) in [4.78, 5) is 28.5. The van der Waals surface area contributed by atoms with Crippen LogP contribution >= 0.6 is 0 Å². The van der Waals surface area contributed by atoms with E-state index in [1.54, 1.807) is 16.8 Å². The number of quaternary nitrogens is 2. The van der Waals surface area contributed by atoms with Crippen molar-refractivity contribution in [3.8, 4) is 0 Å². The minimum absolute atomic E-state index is 0.0454. The van der Waals surface area contributed by atoms with Crippen LogP contribution in [0.25, 0.3) is 6.08 Å². The largest absolute Gasteiger partial charge is 0.355 e. The third-order valence-corrected chi connectivity index (χ3v) is 4.96. The molecule has 6 nitrogen and oxygen atoms in total. The number of piperazine rings is 1. The van der Waals surface area contributed by atoms with Crippen molar-refractivity contribution in [2.24, 2.45) is 0 Å². The van der Waals surface area contributed by atoms with Crippen LogP contribution in [0.3, 0.4) is 0 Å². The first-order chi connectivity index (χ1) is 13.1. The Morgan fingerprint density at radius 1 is 1.11 bits per heavy atom. The van der Waals surface area contributed by atoms with Gasteiger partial charge in [0.15, 0.2) is 6.54 Å². The van der Waals surface area contributed by atoms with Gasteiger partial charge in [0.05, 0.1) is 13.1 Å². The highest BCUT2D eigenvalue weighted by atomic mass is 16.2.